The van der Waals surface area contributed by atoms with Crippen LogP contribution in [0.5, 0.6) is 0 Å². The summed E-state index contributed by atoms with van der Waals surface area (Å²) in [6.07, 6.45) is 10.7. The highest BCUT2D eigenvalue weighted by atomic mass is 15.0. The van der Waals surface area contributed by atoms with E-state index in [2.05, 4.69) is 74.8 Å². The third-order valence-corrected chi connectivity index (χ3v) is 7.37. The first kappa shape index (κ1) is 28.4. The molecule has 0 aliphatic heterocycles. The maximum absolute atomic E-state index is 4.61. The standard InChI is InChI=1S/2C18H15N5/c1-2-5-13(6-3-1)11-21-16-8-10-20-18(23-16)15-12-22-17-14(15)7-4-9-19-17;1-2-5-13(6-3-1)10-20-17-9-16(22-12-23-17)15-11-21-18-14(15)7-4-8-19-18/h1-10,12H,11H2,(H,19,22)(H,20,21,23);1-9,11-12H,10H2,(H,19,21)(H,20,22,23). The number of pyridine rings is 2. The average Bonchev–Trinajstić information content (AvgIpc) is 3.77. The van der Waals surface area contributed by atoms with Gasteiger partial charge < -0.3 is 20.6 Å². The van der Waals surface area contributed by atoms with Crippen LogP contribution in [0.15, 0.2) is 134 Å². The molecule has 0 amide bonds. The van der Waals surface area contributed by atoms with Crippen molar-refractivity contribution >= 4 is 33.7 Å². The van der Waals surface area contributed by atoms with Gasteiger partial charge in [0.05, 0.1) is 5.69 Å². The summed E-state index contributed by atoms with van der Waals surface area (Å²) in [5.41, 5.74) is 6.98. The summed E-state index contributed by atoms with van der Waals surface area (Å²) in [6.45, 7) is 1.46. The van der Waals surface area contributed by atoms with Gasteiger partial charge in [-0.25, -0.2) is 29.9 Å². The number of fused-ring (bicyclic) bond motifs is 2. The Morgan fingerprint density at radius 3 is 1.80 bits per heavy atom. The minimum Gasteiger partial charge on any atom is -0.366 e. The zero-order chi connectivity index (χ0) is 31.0. The Bertz CT molecular complexity index is 2020. The Morgan fingerprint density at radius 2 is 1.13 bits per heavy atom. The third-order valence-electron chi connectivity index (χ3n) is 7.37. The molecule has 4 N–H and O–H groups in total. The van der Waals surface area contributed by atoms with Crippen LogP contribution in [0.1, 0.15) is 11.1 Å². The van der Waals surface area contributed by atoms with E-state index in [9.17, 15) is 0 Å². The summed E-state index contributed by atoms with van der Waals surface area (Å²) in [5, 5.41) is 8.75. The predicted octanol–water partition coefficient (Wildman–Crippen LogP) is 7.26. The molecule has 8 aromatic rings. The number of hydrogen-bond acceptors (Lipinski definition) is 8. The van der Waals surface area contributed by atoms with E-state index in [0.29, 0.717) is 5.82 Å². The Kier molecular flexibility index (Phi) is 8.31. The van der Waals surface area contributed by atoms with E-state index in [1.165, 1.54) is 11.1 Å². The second kappa shape index (κ2) is 13.5. The van der Waals surface area contributed by atoms with Gasteiger partial charge in [0.2, 0.25) is 0 Å². The van der Waals surface area contributed by atoms with E-state index < -0.39 is 0 Å². The highest BCUT2D eigenvalue weighted by molar-refractivity contribution is 5.93. The fourth-order valence-electron chi connectivity index (χ4n) is 5.07. The van der Waals surface area contributed by atoms with Gasteiger partial charge in [-0.05, 0) is 41.5 Å². The maximum atomic E-state index is 4.61. The summed E-state index contributed by atoms with van der Waals surface area (Å²) in [4.78, 5) is 32.6. The molecule has 6 heterocycles. The van der Waals surface area contributed by atoms with Gasteiger partial charge >= 0.3 is 0 Å². The lowest BCUT2D eigenvalue weighted by atomic mass is 10.1. The van der Waals surface area contributed by atoms with Crippen LogP contribution in [0.2, 0.25) is 0 Å². The monoisotopic (exact) mass is 602 g/mol. The number of hydrogen-bond donors (Lipinski definition) is 4. The van der Waals surface area contributed by atoms with Crippen molar-refractivity contribution in [1.29, 1.82) is 0 Å². The zero-order valence-electron chi connectivity index (χ0n) is 24.8. The van der Waals surface area contributed by atoms with E-state index in [-0.39, 0.29) is 0 Å². The smallest absolute Gasteiger partial charge is 0.163 e. The molecule has 0 saturated heterocycles. The van der Waals surface area contributed by atoms with E-state index in [1.54, 1.807) is 24.9 Å². The van der Waals surface area contributed by atoms with Crippen LogP contribution in [-0.2, 0) is 13.1 Å². The second-order valence-electron chi connectivity index (χ2n) is 10.4. The molecular weight excluding hydrogens is 572 g/mol. The lowest BCUT2D eigenvalue weighted by molar-refractivity contribution is 1.08. The molecule has 0 fully saturated rings. The van der Waals surface area contributed by atoms with Crippen molar-refractivity contribution in [2.45, 2.75) is 13.1 Å². The van der Waals surface area contributed by atoms with Crippen molar-refractivity contribution in [2.24, 2.45) is 0 Å². The lowest BCUT2D eigenvalue weighted by Crippen LogP contribution is -2.02. The van der Waals surface area contributed by atoms with E-state index in [0.717, 1.165) is 63.6 Å². The van der Waals surface area contributed by atoms with E-state index >= 15 is 0 Å². The third kappa shape index (κ3) is 6.56. The number of benzene rings is 2. The summed E-state index contributed by atoms with van der Waals surface area (Å²) >= 11 is 0. The van der Waals surface area contributed by atoms with E-state index in [1.807, 2.05) is 85.2 Å². The molecule has 224 valence electrons. The second-order valence-corrected chi connectivity index (χ2v) is 10.4. The first-order chi connectivity index (χ1) is 22.8. The zero-order valence-corrected chi connectivity index (χ0v) is 24.8. The van der Waals surface area contributed by atoms with Gasteiger partial charge in [0.1, 0.15) is 29.3 Å². The first-order valence-electron chi connectivity index (χ1n) is 14.9. The summed E-state index contributed by atoms with van der Waals surface area (Å²) < 4.78 is 0. The number of H-pyrrole nitrogens is 2. The van der Waals surface area contributed by atoms with Crippen LogP contribution in [0, 0.1) is 0 Å². The van der Waals surface area contributed by atoms with Gasteiger partial charge in [-0.3, -0.25) is 0 Å². The quantitative estimate of drug-likeness (QED) is 0.143. The molecule has 0 saturated carbocycles. The molecule has 10 nitrogen and oxygen atoms in total. The van der Waals surface area contributed by atoms with Gasteiger partial charge in [-0.2, -0.15) is 0 Å². The number of aromatic amines is 2. The van der Waals surface area contributed by atoms with E-state index in [4.69, 9.17) is 0 Å². The van der Waals surface area contributed by atoms with Crippen molar-refractivity contribution in [3.05, 3.63) is 146 Å². The largest absolute Gasteiger partial charge is 0.366 e. The number of aromatic nitrogens is 8. The van der Waals surface area contributed by atoms with Crippen LogP contribution in [0.3, 0.4) is 0 Å². The number of nitrogens with zero attached hydrogens (tertiary/aromatic N) is 6. The Labute approximate surface area is 265 Å². The van der Waals surface area contributed by atoms with Crippen LogP contribution < -0.4 is 10.6 Å². The Morgan fingerprint density at radius 1 is 0.522 bits per heavy atom. The van der Waals surface area contributed by atoms with Crippen molar-refractivity contribution < 1.29 is 0 Å². The van der Waals surface area contributed by atoms with Gasteiger partial charge in [-0.15, -0.1) is 0 Å². The van der Waals surface area contributed by atoms with Crippen molar-refractivity contribution in [3.8, 4) is 22.6 Å². The molecule has 8 rings (SSSR count). The first-order valence-corrected chi connectivity index (χ1v) is 14.9. The molecule has 6 aromatic heterocycles. The molecule has 0 atom stereocenters. The molecule has 0 aliphatic rings. The van der Waals surface area contributed by atoms with Gasteiger partial charge in [0.25, 0.3) is 0 Å². The lowest BCUT2D eigenvalue weighted by Gasteiger charge is -2.06. The normalized spacial score (nSPS) is 10.8. The molecule has 0 unspecified atom stereocenters. The number of rotatable bonds is 8. The fraction of sp³-hybridized carbons (Fsp3) is 0.0556. The molecular formula is C36H30N10. The number of nitrogens with one attached hydrogen (secondary N) is 4. The summed E-state index contributed by atoms with van der Waals surface area (Å²) in [5.74, 6) is 2.29. The minimum absolute atomic E-state index is 0.683. The van der Waals surface area contributed by atoms with Crippen LogP contribution in [-0.4, -0.2) is 39.9 Å². The summed E-state index contributed by atoms with van der Waals surface area (Å²) in [6, 6.07) is 32.2. The van der Waals surface area contributed by atoms with Gasteiger partial charge in [-0.1, -0.05) is 60.7 Å². The van der Waals surface area contributed by atoms with Crippen LogP contribution in [0.25, 0.3) is 44.7 Å². The highest BCUT2D eigenvalue weighted by Crippen LogP contribution is 2.27. The molecule has 0 radical (unpaired) electrons. The van der Waals surface area contributed by atoms with Crippen molar-refractivity contribution in [3.63, 3.8) is 0 Å². The minimum atomic E-state index is 0.683. The summed E-state index contributed by atoms with van der Waals surface area (Å²) in [7, 11) is 0. The molecule has 0 bridgehead atoms. The van der Waals surface area contributed by atoms with Crippen LogP contribution >= 0.6 is 0 Å². The van der Waals surface area contributed by atoms with Gasteiger partial charge in [0.15, 0.2) is 5.82 Å². The predicted molar refractivity (Wildman–Crippen MR) is 182 cm³/mol. The maximum Gasteiger partial charge on any atom is 0.163 e. The topological polar surface area (TPSA) is 133 Å². The molecule has 10 heteroatoms. The highest BCUT2D eigenvalue weighted by Gasteiger charge is 2.10. The average molecular weight is 603 g/mol. The molecule has 2 aromatic carbocycles. The van der Waals surface area contributed by atoms with Crippen molar-refractivity contribution in [1.82, 2.24) is 39.9 Å². The molecule has 0 spiro atoms. The number of anilines is 2. The van der Waals surface area contributed by atoms with Crippen LogP contribution in [0.4, 0.5) is 11.6 Å². The fourth-order valence-corrected chi connectivity index (χ4v) is 5.07. The van der Waals surface area contributed by atoms with Crippen molar-refractivity contribution in [2.75, 3.05) is 10.6 Å². The molecule has 0 aliphatic carbocycles. The van der Waals surface area contributed by atoms with Gasteiger partial charge in [0, 0.05) is 72.0 Å². The SMILES string of the molecule is c1ccc(CNc2cc(-c3c[nH]c4ncccc34)ncn2)cc1.c1ccc(CNc2ccnc(-c3c[nH]c4ncccc34)n2)cc1. The Balaban J connectivity index is 0.000000147. The Hall–Kier alpha value is -6.42. The molecule has 46 heavy (non-hydrogen) atoms.